The van der Waals surface area contributed by atoms with Crippen molar-refractivity contribution in [2.45, 2.75) is 19.2 Å². The van der Waals surface area contributed by atoms with Crippen LogP contribution in [-0.4, -0.2) is 25.4 Å². The summed E-state index contributed by atoms with van der Waals surface area (Å²) >= 11 is 0. The molecule has 110 valence electrons. The summed E-state index contributed by atoms with van der Waals surface area (Å²) in [6.45, 7) is 0.936. The highest BCUT2D eigenvalue weighted by Gasteiger charge is 2.31. The number of hydrogen-bond acceptors (Lipinski definition) is 3. The third-order valence-electron chi connectivity index (χ3n) is 2.77. The predicted octanol–water partition coefficient (Wildman–Crippen LogP) is 2.52. The van der Waals surface area contributed by atoms with Gasteiger partial charge in [-0.1, -0.05) is 6.07 Å². The number of nitrogens with one attached hydrogen (secondary N) is 2. The van der Waals surface area contributed by atoms with E-state index in [9.17, 15) is 18.0 Å². The lowest BCUT2D eigenvalue weighted by Gasteiger charge is -2.11. The zero-order valence-electron chi connectivity index (χ0n) is 10.7. The minimum Gasteiger partial charge on any atom is -0.406 e. The molecule has 0 aromatic heterocycles. The Morgan fingerprint density at radius 2 is 2.10 bits per heavy atom. The number of carbonyl (C=O) groups is 1. The first-order valence-corrected chi connectivity index (χ1v) is 6.29. The van der Waals surface area contributed by atoms with E-state index in [0.29, 0.717) is 5.92 Å². The van der Waals surface area contributed by atoms with E-state index in [0.717, 1.165) is 12.6 Å². The van der Waals surface area contributed by atoms with Crippen molar-refractivity contribution in [3.8, 4) is 5.75 Å². The zero-order valence-corrected chi connectivity index (χ0v) is 10.7. The molecule has 1 aromatic rings. The van der Waals surface area contributed by atoms with Crippen molar-refractivity contribution in [3.63, 3.8) is 0 Å². The van der Waals surface area contributed by atoms with Crippen molar-refractivity contribution in [2.24, 2.45) is 5.92 Å². The molecule has 1 aromatic carbocycles. The van der Waals surface area contributed by atoms with Gasteiger partial charge in [-0.15, -0.1) is 13.2 Å². The molecule has 0 unspecified atom stereocenters. The molecule has 0 heterocycles. The third kappa shape index (κ3) is 5.48. The van der Waals surface area contributed by atoms with Crippen LogP contribution in [0.1, 0.15) is 12.8 Å². The van der Waals surface area contributed by atoms with Crippen LogP contribution in [0.15, 0.2) is 24.3 Å². The zero-order chi connectivity index (χ0) is 14.6. The lowest BCUT2D eigenvalue weighted by atomic mass is 10.3. The first kappa shape index (κ1) is 14.6. The molecule has 0 saturated heterocycles. The fraction of sp³-hybridized carbons (Fsp3) is 0.462. The van der Waals surface area contributed by atoms with Gasteiger partial charge in [0, 0.05) is 11.8 Å². The molecule has 1 saturated carbocycles. The van der Waals surface area contributed by atoms with E-state index < -0.39 is 6.36 Å². The maximum atomic E-state index is 12.1. The van der Waals surface area contributed by atoms with Gasteiger partial charge in [-0.3, -0.25) is 4.79 Å². The maximum Gasteiger partial charge on any atom is 0.573 e. The van der Waals surface area contributed by atoms with Crippen LogP contribution in [0, 0.1) is 5.92 Å². The average molecular weight is 288 g/mol. The molecule has 7 heteroatoms. The number of halogens is 3. The number of amides is 1. The minimum atomic E-state index is -4.74. The van der Waals surface area contributed by atoms with Gasteiger partial charge in [-0.2, -0.15) is 0 Å². The minimum absolute atomic E-state index is 0.140. The second kappa shape index (κ2) is 6.13. The summed E-state index contributed by atoms with van der Waals surface area (Å²) in [6.07, 6.45) is -2.37. The molecule has 0 bridgehead atoms. The maximum absolute atomic E-state index is 12.1. The van der Waals surface area contributed by atoms with Gasteiger partial charge in [0.2, 0.25) is 5.91 Å². The molecule has 0 radical (unpaired) electrons. The van der Waals surface area contributed by atoms with Crippen molar-refractivity contribution in [2.75, 3.05) is 18.4 Å². The molecule has 1 fully saturated rings. The van der Waals surface area contributed by atoms with Gasteiger partial charge < -0.3 is 15.4 Å². The van der Waals surface area contributed by atoms with E-state index in [4.69, 9.17) is 0 Å². The van der Waals surface area contributed by atoms with Gasteiger partial charge in [0.1, 0.15) is 5.75 Å². The molecule has 0 atom stereocenters. The van der Waals surface area contributed by atoms with Gasteiger partial charge >= 0.3 is 6.36 Å². The average Bonchev–Trinajstić information content (AvgIpc) is 3.11. The van der Waals surface area contributed by atoms with Crippen LogP contribution in [0.4, 0.5) is 18.9 Å². The van der Waals surface area contributed by atoms with Crippen molar-refractivity contribution >= 4 is 11.6 Å². The van der Waals surface area contributed by atoms with Crippen LogP contribution < -0.4 is 15.4 Å². The highest BCUT2D eigenvalue weighted by molar-refractivity contribution is 5.92. The number of ether oxygens (including phenoxy) is 1. The Labute approximate surface area is 114 Å². The quantitative estimate of drug-likeness (QED) is 0.845. The van der Waals surface area contributed by atoms with Crippen molar-refractivity contribution in [1.82, 2.24) is 5.32 Å². The van der Waals surface area contributed by atoms with Gasteiger partial charge in [-0.05, 0) is 37.4 Å². The Bertz CT molecular complexity index is 473. The molecule has 20 heavy (non-hydrogen) atoms. The first-order chi connectivity index (χ1) is 9.42. The van der Waals surface area contributed by atoms with E-state index in [2.05, 4.69) is 15.4 Å². The standard InChI is InChI=1S/C13H15F3N2O2/c14-13(15,16)20-11-3-1-2-10(6-11)18-12(19)8-17-7-9-4-5-9/h1-3,6,9,17H,4-5,7-8H2,(H,18,19). The molecule has 1 aliphatic rings. The first-order valence-electron chi connectivity index (χ1n) is 6.29. The number of carbonyl (C=O) groups excluding carboxylic acids is 1. The Balaban J connectivity index is 1.81. The summed E-state index contributed by atoms with van der Waals surface area (Å²) in [5, 5.41) is 5.51. The summed E-state index contributed by atoms with van der Waals surface area (Å²) in [6, 6.07) is 5.19. The highest BCUT2D eigenvalue weighted by atomic mass is 19.4. The molecular weight excluding hydrogens is 273 g/mol. The van der Waals surface area contributed by atoms with Crippen LogP contribution >= 0.6 is 0 Å². The molecule has 2 N–H and O–H groups in total. The third-order valence-corrected chi connectivity index (χ3v) is 2.77. The SMILES string of the molecule is O=C(CNCC1CC1)Nc1cccc(OC(F)(F)F)c1. The largest absolute Gasteiger partial charge is 0.573 e. The smallest absolute Gasteiger partial charge is 0.406 e. The van der Waals surface area contributed by atoms with Crippen LogP contribution in [0.25, 0.3) is 0 Å². The number of benzene rings is 1. The Morgan fingerprint density at radius 3 is 2.75 bits per heavy atom. The van der Waals surface area contributed by atoms with E-state index in [1.165, 1.54) is 31.0 Å². The van der Waals surface area contributed by atoms with Crippen LogP contribution in [0.3, 0.4) is 0 Å². The van der Waals surface area contributed by atoms with E-state index in [1.54, 1.807) is 0 Å². The predicted molar refractivity (Wildman–Crippen MR) is 67.3 cm³/mol. The Hall–Kier alpha value is -1.76. The fourth-order valence-corrected chi connectivity index (χ4v) is 1.69. The Morgan fingerprint density at radius 1 is 1.35 bits per heavy atom. The van der Waals surface area contributed by atoms with E-state index in [1.807, 2.05) is 0 Å². The van der Waals surface area contributed by atoms with Crippen molar-refractivity contribution < 1.29 is 22.7 Å². The molecule has 1 aliphatic carbocycles. The van der Waals surface area contributed by atoms with Gasteiger partial charge in [0.05, 0.1) is 6.54 Å². The molecule has 4 nitrogen and oxygen atoms in total. The summed E-state index contributed by atoms with van der Waals surface area (Å²) in [5.41, 5.74) is 0.268. The fourth-order valence-electron chi connectivity index (χ4n) is 1.69. The number of alkyl halides is 3. The second-order valence-electron chi connectivity index (χ2n) is 4.70. The number of anilines is 1. The van der Waals surface area contributed by atoms with Crippen LogP contribution in [0.2, 0.25) is 0 Å². The number of rotatable bonds is 6. The summed E-state index contributed by atoms with van der Waals surface area (Å²) in [7, 11) is 0. The summed E-state index contributed by atoms with van der Waals surface area (Å²) in [4.78, 5) is 11.6. The Kier molecular flexibility index (Phi) is 4.49. The lowest BCUT2D eigenvalue weighted by Crippen LogP contribution is -2.29. The summed E-state index contributed by atoms with van der Waals surface area (Å²) < 4.78 is 40.0. The van der Waals surface area contributed by atoms with Crippen LogP contribution in [0.5, 0.6) is 5.75 Å². The second-order valence-corrected chi connectivity index (χ2v) is 4.70. The lowest BCUT2D eigenvalue weighted by molar-refractivity contribution is -0.274. The van der Waals surface area contributed by atoms with E-state index >= 15 is 0 Å². The molecule has 1 amide bonds. The molecular formula is C13H15F3N2O2. The monoisotopic (exact) mass is 288 g/mol. The summed E-state index contributed by atoms with van der Waals surface area (Å²) in [5.74, 6) is 0.00219. The van der Waals surface area contributed by atoms with Crippen LogP contribution in [-0.2, 0) is 4.79 Å². The van der Waals surface area contributed by atoms with Crippen molar-refractivity contribution in [3.05, 3.63) is 24.3 Å². The van der Waals surface area contributed by atoms with Gasteiger partial charge in [-0.25, -0.2) is 0 Å². The van der Waals surface area contributed by atoms with E-state index in [-0.39, 0.29) is 23.9 Å². The molecule has 2 rings (SSSR count). The number of hydrogen-bond donors (Lipinski definition) is 2. The molecule has 0 aliphatic heterocycles. The highest BCUT2D eigenvalue weighted by Crippen LogP contribution is 2.27. The van der Waals surface area contributed by atoms with Gasteiger partial charge in [0.15, 0.2) is 0 Å². The topological polar surface area (TPSA) is 50.4 Å². The van der Waals surface area contributed by atoms with Crippen molar-refractivity contribution in [1.29, 1.82) is 0 Å². The normalized spacial score (nSPS) is 14.9. The van der Waals surface area contributed by atoms with Gasteiger partial charge in [0.25, 0.3) is 0 Å². The molecule has 0 spiro atoms.